The van der Waals surface area contributed by atoms with E-state index in [1.807, 2.05) is 0 Å². The highest BCUT2D eigenvalue weighted by atomic mass is 32.2. The molecular weight excluding hydrogens is 406 g/mol. The molecule has 1 amide bonds. The lowest BCUT2D eigenvalue weighted by molar-refractivity contribution is -0.131. The molecule has 0 fully saturated rings. The van der Waals surface area contributed by atoms with Gasteiger partial charge in [0, 0.05) is 0 Å². The second-order valence-corrected chi connectivity index (χ2v) is 9.91. The van der Waals surface area contributed by atoms with Crippen molar-refractivity contribution in [3.63, 3.8) is 0 Å². The van der Waals surface area contributed by atoms with Gasteiger partial charge in [-0.2, -0.15) is 8.42 Å². The first kappa shape index (κ1) is 29.3. The van der Waals surface area contributed by atoms with Gasteiger partial charge in [-0.25, -0.2) is 0 Å². The van der Waals surface area contributed by atoms with Gasteiger partial charge in [0.1, 0.15) is 6.10 Å². The standard InChI is InChI=1S/C22H45NO6S/c1-3-5-7-9-10-11-13-15-17-21(25)22(26)23-19(18-30(27,28)29)20(24)16-14-12-8-6-4-2/h19-21,24-25H,3-18H2,1-2H3,(H,23,26)(H,27,28,29). The average molecular weight is 452 g/mol. The van der Waals surface area contributed by atoms with Crippen molar-refractivity contribution in [3.05, 3.63) is 0 Å². The number of unbranched alkanes of at least 4 members (excludes halogenated alkanes) is 11. The summed E-state index contributed by atoms with van der Waals surface area (Å²) in [5.74, 6) is -1.46. The first-order chi connectivity index (χ1) is 14.2. The van der Waals surface area contributed by atoms with E-state index in [2.05, 4.69) is 19.2 Å². The fourth-order valence-corrected chi connectivity index (χ4v) is 4.27. The molecule has 0 aromatic carbocycles. The highest BCUT2D eigenvalue weighted by Crippen LogP contribution is 2.13. The molecule has 0 radical (unpaired) electrons. The van der Waals surface area contributed by atoms with Gasteiger partial charge in [-0.15, -0.1) is 0 Å². The molecule has 0 aliphatic heterocycles. The molecule has 3 unspecified atom stereocenters. The Labute approximate surface area is 183 Å². The van der Waals surface area contributed by atoms with Gasteiger partial charge < -0.3 is 15.5 Å². The van der Waals surface area contributed by atoms with E-state index in [0.29, 0.717) is 25.7 Å². The van der Waals surface area contributed by atoms with Crippen LogP contribution in [0.15, 0.2) is 0 Å². The van der Waals surface area contributed by atoms with Gasteiger partial charge in [0.15, 0.2) is 0 Å². The second kappa shape index (κ2) is 17.9. The van der Waals surface area contributed by atoms with E-state index in [9.17, 15) is 23.4 Å². The maximum atomic E-state index is 12.2. The summed E-state index contributed by atoms with van der Waals surface area (Å²) >= 11 is 0. The Balaban J connectivity index is 4.34. The van der Waals surface area contributed by atoms with Gasteiger partial charge in [-0.1, -0.05) is 97.3 Å². The third-order valence-corrected chi connectivity index (χ3v) is 6.20. The summed E-state index contributed by atoms with van der Waals surface area (Å²) in [7, 11) is -4.37. The molecule has 30 heavy (non-hydrogen) atoms. The SMILES string of the molecule is CCCCCCCCCCC(O)C(=O)NC(CS(=O)(=O)O)C(O)CCCCCCC. The average Bonchev–Trinajstić information content (AvgIpc) is 2.67. The minimum absolute atomic E-state index is 0.298. The van der Waals surface area contributed by atoms with Gasteiger partial charge in [0.05, 0.1) is 17.9 Å². The number of carbonyl (C=O) groups is 1. The summed E-state index contributed by atoms with van der Waals surface area (Å²) in [5.41, 5.74) is 0. The first-order valence-electron chi connectivity index (χ1n) is 11.8. The zero-order valence-electron chi connectivity index (χ0n) is 19.0. The maximum absolute atomic E-state index is 12.2. The molecular formula is C22H45NO6S. The van der Waals surface area contributed by atoms with Crippen molar-refractivity contribution in [1.82, 2.24) is 5.32 Å². The monoisotopic (exact) mass is 451 g/mol. The molecule has 0 saturated carbocycles. The fraction of sp³-hybridized carbons (Fsp3) is 0.955. The highest BCUT2D eigenvalue weighted by Gasteiger charge is 2.28. The number of carbonyl (C=O) groups excluding carboxylic acids is 1. The fourth-order valence-electron chi connectivity index (χ4n) is 3.52. The lowest BCUT2D eigenvalue weighted by atomic mass is 10.0. The third kappa shape index (κ3) is 17.0. The van der Waals surface area contributed by atoms with Gasteiger partial charge >= 0.3 is 0 Å². The van der Waals surface area contributed by atoms with Crippen LogP contribution in [0.1, 0.15) is 110 Å². The van der Waals surface area contributed by atoms with Crippen molar-refractivity contribution in [2.24, 2.45) is 0 Å². The van der Waals surface area contributed by atoms with E-state index in [1.165, 1.54) is 25.7 Å². The molecule has 0 aliphatic carbocycles. The lowest BCUT2D eigenvalue weighted by Crippen LogP contribution is -2.50. The number of aliphatic hydroxyl groups is 2. The highest BCUT2D eigenvalue weighted by molar-refractivity contribution is 7.85. The number of nitrogens with one attached hydrogen (secondary N) is 1. The van der Waals surface area contributed by atoms with E-state index in [1.54, 1.807) is 0 Å². The molecule has 8 heteroatoms. The molecule has 0 rings (SSSR count). The van der Waals surface area contributed by atoms with Crippen molar-refractivity contribution in [3.8, 4) is 0 Å². The van der Waals surface area contributed by atoms with Gasteiger partial charge in [-0.3, -0.25) is 9.35 Å². The van der Waals surface area contributed by atoms with Gasteiger partial charge in [0.2, 0.25) is 5.91 Å². The predicted molar refractivity (Wildman–Crippen MR) is 121 cm³/mol. The molecule has 0 spiro atoms. The van der Waals surface area contributed by atoms with Gasteiger partial charge in [0.25, 0.3) is 10.1 Å². The Morgan fingerprint density at radius 2 is 1.20 bits per heavy atom. The zero-order valence-corrected chi connectivity index (χ0v) is 19.8. The van der Waals surface area contributed by atoms with Crippen LogP contribution in [-0.2, 0) is 14.9 Å². The summed E-state index contributed by atoms with van der Waals surface area (Å²) < 4.78 is 31.7. The van der Waals surface area contributed by atoms with Crippen LogP contribution >= 0.6 is 0 Å². The minimum Gasteiger partial charge on any atom is -0.391 e. The quantitative estimate of drug-likeness (QED) is 0.164. The van der Waals surface area contributed by atoms with Gasteiger partial charge in [-0.05, 0) is 12.8 Å². The molecule has 180 valence electrons. The molecule has 0 aromatic heterocycles. The van der Waals surface area contributed by atoms with E-state index < -0.39 is 40.0 Å². The van der Waals surface area contributed by atoms with Crippen LogP contribution in [0.3, 0.4) is 0 Å². The number of aliphatic hydroxyl groups excluding tert-OH is 2. The Morgan fingerprint density at radius 1 is 0.767 bits per heavy atom. The van der Waals surface area contributed by atoms with Crippen molar-refractivity contribution in [1.29, 1.82) is 0 Å². The molecule has 4 N–H and O–H groups in total. The molecule has 0 saturated heterocycles. The van der Waals surface area contributed by atoms with Crippen LogP contribution in [0.5, 0.6) is 0 Å². The second-order valence-electron chi connectivity index (χ2n) is 8.41. The van der Waals surface area contributed by atoms with Crippen LogP contribution in [0.2, 0.25) is 0 Å². The van der Waals surface area contributed by atoms with Crippen LogP contribution in [0.25, 0.3) is 0 Å². The molecule has 7 nitrogen and oxygen atoms in total. The van der Waals surface area contributed by atoms with Crippen LogP contribution in [-0.4, -0.2) is 53.1 Å². The molecule has 0 aliphatic rings. The summed E-state index contributed by atoms with van der Waals surface area (Å²) in [6, 6.07) is -1.13. The number of hydrogen-bond donors (Lipinski definition) is 4. The number of hydrogen-bond acceptors (Lipinski definition) is 5. The molecule has 0 aromatic rings. The normalized spacial score (nSPS) is 15.0. The molecule has 3 atom stereocenters. The van der Waals surface area contributed by atoms with Crippen molar-refractivity contribution in [2.45, 2.75) is 128 Å². The summed E-state index contributed by atoms with van der Waals surface area (Å²) in [6.07, 6.45) is 12.0. The van der Waals surface area contributed by atoms with Crippen LogP contribution in [0, 0.1) is 0 Å². The molecule has 0 bridgehead atoms. The van der Waals surface area contributed by atoms with E-state index in [0.717, 1.165) is 44.9 Å². The Morgan fingerprint density at radius 3 is 1.67 bits per heavy atom. The van der Waals surface area contributed by atoms with Crippen molar-refractivity contribution in [2.75, 3.05) is 5.75 Å². The van der Waals surface area contributed by atoms with Crippen molar-refractivity contribution >= 4 is 16.0 Å². The minimum atomic E-state index is -4.37. The Hall–Kier alpha value is -0.700. The van der Waals surface area contributed by atoms with E-state index >= 15 is 0 Å². The third-order valence-electron chi connectivity index (χ3n) is 5.42. The van der Waals surface area contributed by atoms with Crippen molar-refractivity contribution < 1.29 is 28.0 Å². The maximum Gasteiger partial charge on any atom is 0.266 e. The number of rotatable bonds is 20. The lowest BCUT2D eigenvalue weighted by Gasteiger charge is -2.24. The summed E-state index contributed by atoms with van der Waals surface area (Å²) in [5, 5.41) is 22.8. The van der Waals surface area contributed by atoms with E-state index in [-0.39, 0.29) is 0 Å². The predicted octanol–water partition coefficient (Wildman–Crippen LogP) is 3.97. The van der Waals surface area contributed by atoms with Crippen LogP contribution in [0.4, 0.5) is 0 Å². The number of amides is 1. The van der Waals surface area contributed by atoms with Crippen LogP contribution < -0.4 is 5.32 Å². The molecule has 0 heterocycles. The first-order valence-corrected chi connectivity index (χ1v) is 13.4. The zero-order chi connectivity index (χ0) is 22.8. The summed E-state index contributed by atoms with van der Waals surface area (Å²) in [6.45, 7) is 4.28. The largest absolute Gasteiger partial charge is 0.391 e. The Kier molecular flexibility index (Phi) is 17.5. The Bertz CT molecular complexity index is 526. The van der Waals surface area contributed by atoms with E-state index in [4.69, 9.17) is 4.55 Å². The topological polar surface area (TPSA) is 124 Å². The smallest absolute Gasteiger partial charge is 0.266 e. The summed E-state index contributed by atoms with van der Waals surface area (Å²) in [4.78, 5) is 12.2.